The lowest BCUT2D eigenvalue weighted by atomic mass is 10.2. The molecule has 0 saturated heterocycles. The van der Waals surface area contributed by atoms with Gasteiger partial charge in [-0.1, -0.05) is 0 Å². The van der Waals surface area contributed by atoms with E-state index in [1.807, 2.05) is 0 Å². The summed E-state index contributed by atoms with van der Waals surface area (Å²) in [5, 5.41) is 2.42. The summed E-state index contributed by atoms with van der Waals surface area (Å²) >= 11 is 0. The second-order valence-electron chi connectivity index (χ2n) is 2.94. The van der Waals surface area contributed by atoms with E-state index in [0.29, 0.717) is 5.75 Å². The number of methoxy groups -OCH3 is 2. The highest BCUT2D eigenvalue weighted by Crippen LogP contribution is 2.31. The summed E-state index contributed by atoms with van der Waals surface area (Å²) in [5.74, 6) is -0.666. The smallest absolute Gasteiger partial charge is 0.238 e. The van der Waals surface area contributed by atoms with Gasteiger partial charge >= 0.3 is 0 Å². The predicted octanol–water partition coefficient (Wildman–Crippen LogP) is 1.16. The molecule has 96 valence electrons. The minimum Gasteiger partial charge on any atom is -0.494 e. The zero-order chi connectivity index (χ0) is 12.1. The lowest BCUT2D eigenvalue weighted by Crippen LogP contribution is -2.22. The van der Waals surface area contributed by atoms with E-state index >= 15 is 0 Å². The summed E-state index contributed by atoms with van der Waals surface area (Å²) < 4.78 is 23.1. The highest BCUT2D eigenvalue weighted by atomic mass is 35.5. The van der Waals surface area contributed by atoms with Crippen LogP contribution in [0.25, 0.3) is 0 Å². The molecule has 0 fully saturated rings. The molecule has 0 spiro atoms. The molecule has 0 aliphatic heterocycles. The normalized spacial score (nSPS) is 9.18. The Morgan fingerprint density at radius 2 is 1.94 bits per heavy atom. The van der Waals surface area contributed by atoms with Crippen molar-refractivity contribution in [3.8, 4) is 11.5 Å². The fourth-order valence-electron chi connectivity index (χ4n) is 1.16. The molecule has 5 nitrogen and oxygen atoms in total. The van der Waals surface area contributed by atoms with Gasteiger partial charge in [0.2, 0.25) is 5.91 Å². The number of hydrogen-bond donors (Lipinski definition) is 2. The number of nitrogens with one attached hydrogen (secondary N) is 1. The summed E-state index contributed by atoms with van der Waals surface area (Å²) in [7, 11) is 2.75. The molecule has 17 heavy (non-hydrogen) atoms. The van der Waals surface area contributed by atoms with Crippen molar-refractivity contribution < 1.29 is 18.7 Å². The molecular weight excluding hydrogens is 251 g/mol. The molecule has 0 aliphatic rings. The first kappa shape index (κ1) is 15.5. The number of halogens is 2. The van der Waals surface area contributed by atoms with Gasteiger partial charge in [-0.15, -0.1) is 12.4 Å². The number of benzene rings is 1. The topological polar surface area (TPSA) is 73.6 Å². The Bertz CT molecular complexity index is 401. The van der Waals surface area contributed by atoms with Gasteiger partial charge in [-0.3, -0.25) is 4.79 Å². The molecule has 0 saturated carbocycles. The van der Waals surface area contributed by atoms with Gasteiger partial charge in [-0.2, -0.15) is 0 Å². The van der Waals surface area contributed by atoms with Crippen LogP contribution in [0.3, 0.4) is 0 Å². The average molecular weight is 265 g/mol. The van der Waals surface area contributed by atoms with Gasteiger partial charge in [0, 0.05) is 12.1 Å². The maximum atomic E-state index is 13.4. The zero-order valence-corrected chi connectivity index (χ0v) is 10.3. The SMILES string of the molecule is COc1cc(OC)c(NC(=O)CN)cc1F.Cl. The van der Waals surface area contributed by atoms with Crippen LogP contribution in [0, 0.1) is 5.82 Å². The number of hydrogen-bond acceptors (Lipinski definition) is 4. The van der Waals surface area contributed by atoms with Crippen LogP contribution in [-0.4, -0.2) is 26.7 Å². The van der Waals surface area contributed by atoms with Crippen molar-refractivity contribution in [1.29, 1.82) is 0 Å². The number of amides is 1. The molecule has 0 bridgehead atoms. The standard InChI is InChI=1S/C10H13FN2O3.ClH/c1-15-8-4-9(16-2)7(3-6(8)11)13-10(14)5-12;/h3-4H,5,12H2,1-2H3,(H,13,14);1H. The van der Waals surface area contributed by atoms with Crippen molar-refractivity contribution in [2.75, 3.05) is 26.1 Å². The van der Waals surface area contributed by atoms with E-state index in [2.05, 4.69) is 5.32 Å². The van der Waals surface area contributed by atoms with E-state index in [1.54, 1.807) is 0 Å². The van der Waals surface area contributed by atoms with E-state index in [4.69, 9.17) is 15.2 Å². The lowest BCUT2D eigenvalue weighted by molar-refractivity contribution is -0.114. The molecule has 0 aromatic heterocycles. The van der Waals surface area contributed by atoms with Crippen molar-refractivity contribution in [2.24, 2.45) is 5.73 Å². The molecule has 3 N–H and O–H groups in total. The fourth-order valence-corrected chi connectivity index (χ4v) is 1.16. The van der Waals surface area contributed by atoms with Crippen LogP contribution in [0.5, 0.6) is 11.5 Å². The molecule has 1 aromatic rings. The Kier molecular flexibility index (Phi) is 6.30. The highest BCUT2D eigenvalue weighted by Gasteiger charge is 2.12. The Morgan fingerprint density at radius 1 is 1.35 bits per heavy atom. The van der Waals surface area contributed by atoms with Crippen LogP contribution in [0.15, 0.2) is 12.1 Å². The van der Waals surface area contributed by atoms with Gasteiger partial charge in [0.15, 0.2) is 11.6 Å². The van der Waals surface area contributed by atoms with Crippen LogP contribution < -0.4 is 20.5 Å². The molecular formula is C10H14ClFN2O3. The Labute approximate surface area is 104 Å². The van der Waals surface area contributed by atoms with Crippen molar-refractivity contribution >= 4 is 24.0 Å². The number of nitrogens with two attached hydrogens (primary N) is 1. The number of rotatable bonds is 4. The largest absolute Gasteiger partial charge is 0.494 e. The van der Waals surface area contributed by atoms with Crippen molar-refractivity contribution in [2.45, 2.75) is 0 Å². The molecule has 0 atom stereocenters. The first-order chi connectivity index (χ1) is 7.62. The summed E-state index contributed by atoms with van der Waals surface area (Å²) in [6.45, 7) is -0.184. The van der Waals surface area contributed by atoms with Crippen LogP contribution in [0.4, 0.5) is 10.1 Å². The maximum Gasteiger partial charge on any atom is 0.238 e. The zero-order valence-electron chi connectivity index (χ0n) is 9.45. The summed E-state index contributed by atoms with van der Waals surface area (Å²) in [4.78, 5) is 11.1. The molecule has 7 heteroatoms. The van der Waals surface area contributed by atoms with E-state index in [-0.39, 0.29) is 30.4 Å². The summed E-state index contributed by atoms with van der Waals surface area (Å²) in [6, 6.07) is 2.46. The van der Waals surface area contributed by atoms with Gasteiger partial charge < -0.3 is 20.5 Å². The summed E-state index contributed by atoms with van der Waals surface area (Å²) in [6.07, 6.45) is 0. The van der Waals surface area contributed by atoms with Gasteiger partial charge in [-0.05, 0) is 0 Å². The first-order valence-corrected chi connectivity index (χ1v) is 4.53. The van der Waals surface area contributed by atoms with E-state index in [0.717, 1.165) is 6.07 Å². The van der Waals surface area contributed by atoms with Crippen LogP contribution in [-0.2, 0) is 4.79 Å². The van der Waals surface area contributed by atoms with Gasteiger partial charge in [0.1, 0.15) is 5.75 Å². The van der Waals surface area contributed by atoms with Crippen molar-refractivity contribution in [1.82, 2.24) is 0 Å². The lowest BCUT2D eigenvalue weighted by Gasteiger charge is -2.11. The van der Waals surface area contributed by atoms with E-state index < -0.39 is 11.7 Å². The number of carbonyl (C=O) groups excluding carboxylic acids is 1. The molecule has 0 aliphatic carbocycles. The number of ether oxygens (including phenoxy) is 2. The third-order valence-corrected chi connectivity index (χ3v) is 1.93. The summed E-state index contributed by atoms with van der Waals surface area (Å²) in [5.41, 5.74) is 5.35. The third-order valence-electron chi connectivity index (χ3n) is 1.93. The Balaban J connectivity index is 0.00000256. The minimum absolute atomic E-state index is 0. The third kappa shape index (κ3) is 3.76. The quantitative estimate of drug-likeness (QED) is 0.856. The van der Waals surface area contributed by atoms with Crippen molar-refractivity contribution in [3.05, 3.63) is 17.9 Å². The minimum atomic E-state index is -0.587. The second kappa shape index (κ2) is 6.93. The molecule has 0 radical (unpaired) electrons. The van der Waals surface area contributed by atoms with Crippen LogP contribution in [0.1, 0.15) is 0 Å². The van der Waals surface area contributed by atoms with Crippen LogP contribution in [0.2, 0.25) is 0 Å². The van der Waals surface area contributed by atoms with Crippen LogP contribution >= 0.6 is 12.4 Å². The monoisotopic (exact) mass is 264 g/mol. The molecule has 0 unspecified atom stereocenters. The first-order valence-electron chi connectivity index (χ1n) is 4.53. The fraction of sp³-hybridized carbons (Fsp3) is 0.300. The van der Waals surface area contributed by atoms with Gasteiger partial charge in [0.25, 0.3) is 0 Å². The average Bonchev–Trinajstić information content (AvgIpc) is 2.29. The number of carbonyl (C=O) groups is 1. The van der Waals surface area contributed by atoms with Gasteiger partial charge in [0.05, 0.1) is 26.5 Å². The van der Waals surface area contributed by atoms with Gasteiger partial charge in [-0.25, -0.2) is 4.39 Å². The Morgan fingerprint density at radius 3 is 2.41 bits per heavy atom. The molecule has 1 aromatic carbocycles. The number of anilines is 1. The van der Waals surface area contributed by atoms with Crippen molar-refractivity contribution in [3.63, 3.8) is 0 Å². The molecule has 0 heterocycles. The molecule has 1 amide bonds. The predicted molar refractivity (Wildman–Crippen MR) is 64.4 cm³/mol. The highest BCUT2D eigenvalue weighted by molar-refractivity contribution is 5.93. The molecule has 1 rings (SSSR count). The Hall–Kier alpha value is -1.53. The van der Waals surface area contributed by atoms with E-state index in [9.17, 15) is 9.18 Å². The van der Waals surface area contributed by atoms with E-state index in [1.165, 1.54) is 20.3 Å². The second-order valence-corrected chi connectivity index (χ2v) is 2.94. The maximum absolute atomic E-state index is 13.4.